The molecule has 1 amide bonds. The second kappa shape index (κ2) is 7.90. The number of nitrogens with zero attached hydrogens (tertiary/aromatic N) is 3. The Kier molecular flexibility index (Phi) is 5.36. The first-order valence-electron chi connectivity index (χ1n) is 10.1. The standard InChI is InChI=1S/C21H30N4O2/c1-16(2)23-11-13-24(14-12-23)17-7-9-25(10-8-17)21(26)27-20-15-22-19-6-4-3-5-18(19)20/h3-6,15-17,22H,7-14H2,1-2H3. The van der Waals surface area contributed by atoms with Crippen LogP contribution in [0.3, 0.4) is 0 Å². The van der Waals surface area contributed by atoms with Gasteiger partial charge in [0.15, 0.2) is 5.75 Å². The molecule has 0 spiro atoms. The Hall–Kier alpha value is -2.05. The zero-order chi connectivity index (χ0) is 18.8. The molecule has 2 aliphatic rings. The highest BCUT2D eigenvalue weighted by Crippen LogP contribution is 2.26. The van der Waals surface area contributed by atoms with Crippen LogP contribution in [0.4, 0.5) is 4.79 Å². The average Bonchev–Trinajstić information content (AvgIpc) is 3.11. The van der Waals surface area contributed by atoms with Crippen molar-refractivity contribution in [3.8, 4) is 5.75 Å². The number of carbonyl (C=O) groups is 1. The molecule has 0 saturated carbocycles. The van der Waals surface area contributed by atoms with Crippen molar-refractivity contribution in [1.82, 2.24) is 19.7 Å². The SMILES string of the molecule is CC(C)N1CCN(C2CCN(C(=O)Oc3c[nH]c4ccccc34)CC2)CC1. The van der Waals surface area contributed by atoms with Gasteiger partial charge in [0, 0.05) is 68.5 Å². The predicted molar refractivity (Wildman–Crippen MR) is 107 cm³/mol. The van der Waals surface area contributed by atoms with Crippen molar-refractivity contribution in [2.45, 2.75) is 38.8 Å². The Morgan fingerprint density at radius 3 is 2.48 bits per heavy atom. The van der Waals surface area contributed by atoms with Crippen LogP contribution in [0.5, 0.6) is 5.75 Å². The molecule has 146 valence electrons. The van der Waals surface area contributed by atoms with E-state index in [9.17, 15) is 4.79 Å². The van der Waals surface area contributed by atoms with Crippen LogP contribution in [0.15, 0.2) is 30.5 Å². The minimum absolute atomic E-state index is 0.233. The molecule has 4 rings (SSSR count). The third-order valence-electron chi connectivity index (χ3n) is 6.07. The molecule has 1 aromatic carbocycles. The largest absolute Gasteiger partial charge is 0.415 e. The van der Waals surface area contributed by atoms with Gasteiger partial charge < -0.3 is 14.6 Å². The van der Waals surface area contributed by atoms with Gasteiger partial charge in [0.1, 0.15) is 0 Å². The van der Waals surface area contributed by atoms with Crippen LogP contribution in [0.25, 0.3) is 10.9 Å². The highest BCUT2D eigenvalue weighted by Gasteiger charge is 2.30. The summed E-state index contributed by atoms with van der Waals surface area (Å²) >= 11 is 0. The smallest absolute Gasteiger partial charge is 0.408 e. The topological polar surface area (TPSA) is 51.8 Å². The van der Waals surface area contributed by atoms with Crippen molar-refractivity contribution in [2.75, 3.05) is 39.3 Å². The Balaban J connectivity index is 1.28. The van der Waals surface area contributed by atoms with E-state index in [-0.39, 0.29) is 6.09 Å². The summed E-state index contributed by atoms with van der Waals surface area (Å²) in [6.45, 7) is 10.7. The Labute approximate surface area is 161 Å². The highest BCUT2D eigenvalue weighted by atomic mass is 16.6. The van der Waals surface area contributed by atoms with E-state index in [1.165, 1.54) is 0 Å². The first kappa shape index (κ1) is 18.3. The van der Waals surface area contributed by atoms with Crippen molar-refractivity contribution in [1.29, 1.82) is 0 Å². The number of carbonyl (C=O) groups excluding carboxylic acids is 1. The van der Waals surface area contributed by atoms with Crippen molar-refractivity contribution in [3.05, 3.63) is 30.5 Å². The zero-order valence-electron chi connectivity index (χ0n) is 16.4. The Morgan fingerprint density at radius 2 is 1.78 bits per heavy atom. The van der Waals surface area contributed by atoms with Crippen LogP contribution in [-0.4, -0.2) is 77.1 Å². The van der Waals surface area contributed by atoms with Gasteiger partial charge in [0.25, 0.3) is 0 Å². The molecule has 0 atom stereocenters. The minimum Gasteiger partial charge on any atom is -0.408 e. The third kappa shape index (κ3) is 3.96. The molecule has 2 saturated heterocycles. The van der Waals surface area contributed by atoms with Crippen molar-refractivity contribution in [2.24, 2.45) is 0 Å². The van der Waals surface area contributed by atoms with E-state index in [4.69, 9.17) is 4.74 Å². The number of amides is 1. The van der Waals surface area contributed by atoms with Gasteiger partial charge >= 0.3 is 6.09 Å². The van der Waals surface area contributed by atoms with Crippen LogP contribution in [0, 0.1) is 0 Å². The second-order valence-electron chi connectivity index (χ2n) is 7.95. The number of para-hydroxylation sites is 1. The molecule has 0 unspecified atom stereocenters. The number of piperidine rings is 1. The number of H-pyrrole nitrogens is 1. The monoisotopic (exact) mass is 370 g/mol. The van der Waals surface area contributed by atoms with Crippen LogP contribution >= 0.6 is 0 Å². The van der Waals surface area contributed by atoms with Crippen molar-refractivity contribution in [3.63, 3.8) is 0 Å². The van der Waals surface area contributed by atoms with E-state index in [0.717, 1.165) is 63.0 Å². The molecule has 2 aliphatic heterocycles. The molecule has 27 heavy (non-hydrogen) atoms. The fourth-order valence-electron chi connectivity index (χ4n) is 4.32. The van der Waals surface area contributed by atoms with Gasteiger partial charge in [-0.25, -0.2) is 4.79 Å². The lowest BCUT2D eigenvalue weighted by atomic mass is 10.0. The van der Waals surface area contributed by atoms with Gasteiger partial charge in [-0.2, -0.15) is 0 Å². The number of aromatic amines is 1. The van der Waals surface area contributed by atoms with Crippen LogP contribution in [0.2, 0.25) is 0 Å². The van der Waals surface area contributed by atoms with E-state index in [2.05, 4.69) is 28.6 Å². The summed E-state index contributed by atoms with van der Waals surface area (Å²) in [7, 11) is 0. The summed E-state index contributed by atoms with van der Waals surface area (Å²) in [4.78, 5) is 22.7. The van der Waals surface area contributed by atoms with Crippen LogP contribution in [-0.2, 0) is 0 Å². The second-order valence-corrected chi connectivity index (χ2v) is 7.95. The van der Waals surface area contributed by atoms with Gasteiger partial charge in [-0.05, 0) is 38.8 Å². The molecule has 1 N–H and O–H groups in total. The fraction of sp³-hybridized carbons (Fsp3) is 0.571. The Bertz CT molecular complexity index is 771. The fourth-order valence-corrected chi connectivity index (χ4v) is 4.32. The molecule has 6 heteroatoms. The van der Waals surface area contributed by atoms with Gasteiger partial charge in [0.05, 0.1) is 0 Å². The van der Waals surface area contributed by atoms with E-state index in [1.54, 1.807) is 6.20 Å². The molecule has 0 bridgehead atoms. The molecular weight excluding hydrogens is 340 g/mol. The van der Waals surface area contributed by atoms with Crippen LogP contribution < -0.4 is 4.74 Å². The van der Waals surface area contributed by atoms with E-state index >= 15 is 0 Å². The summed E-state index contributed by atoms with van der Waals surface area (Å²) in [5.41, 5.74) is 0.986. The number of likely N-dealkylation sites (tertiary alicyclic amines) is 1. The first-order valence-corrected chi connectivity index (χ1v) is 10.1. The molecule has 3 heterocycles. The molecular formula is C21H30N4O2. The maximum absolute atomic E-state index is 12.6. The number of fused-ring (bicyclic) bond motifs is 1. The normalized spacial score (nSPS) is 20.5. The summed E-state index contributed by atoms with van der Waals surface area (Å²) in [6, 6.07) is 9.10. The lowest BCUT2D eigenvalue weighted by molar-refractivity contribution is 0.0496. The van der Waals surface area contributed by atoms with Crippen molar-refractivity contribution >= 4 is 17.0 Å². The van der Waals surface area contributed by atoms with Gasteiger partial charge in [-0.3, -0.25) is 9.80 Å². The lowest BCUT2D eigenvalue weighted by Crippen LogP contribution is -2.55. The maximum Gasteiger partial charge on any atom is 0.415 e. The number of ether oxygens (including phenoxy) is 1. The number of piperazine rings is 1. The number of benzene rings is 1. The summed E-state index contributed by atoms with van der Waals surface area (Å²) < 4.78 is 5.66. The van der Waals surface area contributed by atoms with Crippen LogP contribution in [0.1, 0.15) is 26.7 Å². The van der Waals surface area contributed by atoms with E-state index in [1.807, 2.05) is 29.2 Å². The number of aromatic nitrogens is 1. The first-order chi connectivity index (χ1) is 13.1. The third-order valence-corrected chi connectivity index (χ3v) is 6.07. The maximum atomic E-state index is 12.6. The number of hydrogen-bond donors (Lipinski definition) is 1. The molecule has 1 aromatic heterocycles. The molecule has 6 nitrogen and oxygen atoms in total. The predicted octanol–water partition coefficient (Wildman–Crippen LogP) is 3.16. The minimum atomic E-state index is -0.233. The zero-order valence-corrected chi connectivity index (χ0v) is 16.4. The molecule has 0 radical (unpaired) electrons. The average molecular weight is 370 g/mol. The van der Waals surface area contributed by atoms with Gasteiger partial charge in [0.2, 0.25) is 0 Å². The summed E-state index contributed by atoms with van der Waals surface area (Å²) in [6.07, 6.45) is 3.60. The van der Waals surface area contributed by atoms with Gasteiger partial charge in [-0.1, -0.05) is 12.1 Å². The van der Waals surface area contributed by atoms with Crippen molar-refractivity contribution < 1.29 is 9.53 Å². The summed E-state index contributed by atoms with van der Waals surface area (Å²) in [5, 5.41) is 0.948. The highest BCUT2D eigenvalue weighted by molar-refractivity contribution is 5.88. The Morgan fingerprint density at radius 1 is 1.07 bits per heavy atom. The van der Waals surface area contributed by atoms with Gasteiger partial charge in [-0.15, -0.1) is 0 Å². The molecule has 2 aromatic rings. The van der Waals surface area contributed by atoms with E-state index in [0.29, 0.717) is 17.8 Å². The number of nitrogens with one attached hydrogen (secondary N) is 1. The molecule has 0 aliphatic carbocycles. The number of rotatable bonds is 3. The number of hydrogen-bond acceptors (Lipinski definition) is 4. The quantitative estimate of drug-likeness (QED) is 0.902. The lowest BCUT2D eigenvalue weighted by Gasteiger charge is -2.43. The summed E-state index contributed by atoms with van der Waals surface area (Å²) in [5.74, 6) is 0.613. The molecule has 2 fully saturated rings. The van der Waals surface area contributed by atoms with E-state index < -0.39 is 0 Å².